The average molecular weight is 547 g/mol. The molecular formula is C40H66. The predicted octanol–water partition coefficient (Wildman–Crippen LogP) is 14.1. The molecule has 3 aliphatic rings. The van der Waals surface area contributed by atoms with Crippen molar-refractivity contribution in [3.05, 3.63) is 109 Å². The van der Waals surface area contributed by atoms with Crippen molar-refractivity contribution in [3.63, 3.8) is 0 Å². The summed E-state index contributed by atoms with van der Waals surface area (Å²) in [4.78, 5) is 0. The van der Waals surface area contributed by atoms with Crippen LogP contribution in [-0.2, 0) is 0 Å². The van der Waals surface area contributed by atoms with Gasteiger partial charge in [0.2, 0.25) is 0 Å². The first-order valence-corrected chi connectivity index (χ1v) is 17.0. The molecule has 6 rings (SSSR count). The van der Waals surface area contributed by atoms with Crippen LogP contribution >= 0.6 is 0 Å². The lowest BCUT2D eigenvalue weighted by Crippen LogP contribution is -1.85. The highest BCUT2D eigenvalue weighted by Crippen LogP contribution is 2.16. The molecule has 3 saturated carbocycles. The van der Waals surface area contributed by atoms with Gasteiger partial charge in [0.15, 0.2) is 0 Å². The third-order valence-electron chi connectivity index (χ3n) is 6.50. The largest absolute Gasteiger partial charge is 0.0683 e. The van der Waals surface area contributed by atoms with Crippen LogP contribution in [0.3, 0.4) is 0 Å². The van der Waals surface area contributed by atoms with E-state index in [-0.39, 0.29) is 0 Å². The van der Waals surface area contributed by atoms with Crippen molar-refractivity contribution in [2.45, 2.75) is 143 Å². The van der Waals surface area contributed by atoms with Gasteiger partial charge in [-0.15, -0.1) is 0 Å². The van der Waals surface area contributed by atoms with E-state index in [0.29, 0.717) is 0 Å². The van der Waals surface area contributed by atoms with Gasteiger partial charge < -0.3 is 0 Å². The van der Waals surface area contributed by atoms with Gasteiger partial charge in [0.1, 0.15) is 0 Å². The molecule has 3 aromatic rings. The molecule has 0 nitrogen and oxygen atoms in total. The molecule has 0 N–H and O–H groups in total. The maximum absolute atomic E-state index is 2.00. The highest BCUT2D eigenvalue weighted by Gasteiger charge is 1.96. The lowest BCUT2D eigenvalue weighted by Gasteiger charge is -2.05. The van der Waals surface area contributed by atoms with Crippen LogP contribution in [0.15, 0.2) is 109 Å². The van der Waals surface area contributed by atoms with Gasteiger partial charge in [-0.2, -0.15) is 0 Å². The molecular weight excluding hydrogens is 480 g/mol. The van der Waals surface area contributed by atoms with Gasteiger partial charge in [-0.05, 0) is 0 Å². The highest BCUT2D eigenvalue weighted by atomic mass is 14.0. The number of benzene rings is 3. The van der Waals surface area contributed by atoms with Crippen molar-refractivity contribution < 1.29 is 0 Å². The van der Waals surface area contributed by atoms with E-state index in [2.05, 4.69) is 0 Å². The van der Waals surface area contributed by atoms with Gasteiger partial charge in [-0.25, -0.2) is 0 Å². The molecule has 226 valence electrons. The van der Waals surface area contributed by atoms with E-state index in [0.717, 1.165) is 0 Å². The van der Waals surface area contributed by atoms with Gasteiger partial charge in [-0.1, -0.05) is 252 Å². The molecule has 0 saturated heterocycles. The van der Waals surface area contributed by atoms with Crippen molar-refractivity contribution >= 4 is 0 Å². The second-order valence-electron chi connectivity index (χ2n) is 9.83. The van der Waals surface area contributed by atoms with Crippen LogP contribution in [0.2, 0.25) is 0 Å². The molecule has 0 bridgehead atoms. The smallest absolute Gasteiger partial charge is 0.0533 e. The molecule has 0 unspecified atom stereocenters. The average Bonchev–Trinajstić information content (AvgIpc) is 3.12. The molecule has 0 aliphatic heterocycles. The van der Waals surface area contributed by atoms with Crippen molar-refractivity contribution in [3.8, 4) is 0 Å². The third kappa shape index (κ3) is 37.8. The lowest BCUT2D eigenvalue weighted by atomic mass is 10.0. The minimum Gasteiger partial charge on any atom is -0.0683 e. The first-order valence-electron chi connectivity index (χ1n) is 17.0. The molecule has 3 fully saturated rings. The highest BCUT2D eigenvalue weighted by molar-refractivity contribution is 5.00. The standard InChI is InChI=1S/3C6H12.3C6H6.2C2H6/c6*1-2-4-6-5-3-1;2*1-2/h3*1-6H2;3*1-6H;2*1-2H3. The number of hydrogen-bond acceptors (Lipinski definition) is 0. The Kier molecular flexibility index (Phi) is 40.9. The van der Waals surface area contributed by atoms with E-state index in [9.17, 15) is 0 Å². The van der Waals surface area contributed by atoms with Crippen molar-refractivity contribution in [1.29, 1.82) is 0 Å². The number of rotatable bonds is 0. The van der Waals surface area contributed by atoms with Gasteiger partial charge in [0, 0.05) is 0 Å². The maximum Gasteiger partial charge on any atom is -0.0533 e. The fourth-order valence-electron chi connectivity index (χ4n) is 4.34. The Morgan fingerprint density at radius 3 is 0.250 bits per heavy atom. The van der Waals surface area contributed by atoms with E-state index in [1.807, 2.05) is 137 Å². The topological polar surface area (TPSA) is 0 Å². The van der Waals surface area contributed by atoms with Crippen LogP contribution in [0, 0.1) is 0 Å². The van der Waals surface area contributed by atoms with Crippen molar-refractivity contribution in [2.24, 2.45) is 0 Å². The van der Waals surface area contributed by atoms with Crippen LogP contribution < -0.4 is 0 Å². The normalized spacial score (nSPS) is 14.7. The second-order valence-corrected chi connectivity index (χ2v) is 9.83. The van der Waals surface area contributed by atoms with Crippen molar-refractivity contribution in [2.75, 3.05) is 0 Å². The summed E-state index contributed by atoms with van der Waals surface area (Å²) in [7, 11) is 0. The van der Waals surface area contributed by atoms with E-state index in [1.54, 1.807) is 0 Å². The summed E-state index contributed by atoms with van der Waals surface area (Å²) in [5, 5.41) is 0. The summed E-state index contributed by atoms with van der Waals surface area (Å²) in [5.41, 5.74) is 0. The molecule has 0 amide bonds. The molecule has 0 heteroatoms. The van der Waals surface area contributed by atoms with Crippen LogP contribution in [0.5, 0.6) is 0 Å². The van der Waals surface area contributed by atoms with Gasteiger partial charge >= 0.3 is 0 Å². The summed E-state index contributed by atoms with van der Waals surface area (Å²) < 4.78 is 0. The first-order chi connectivity index (χ1) is 20.0. The minimum absolute atomic E-state index is 1.50. The Morgan fingerprint density at radius 2 is 0.200 bits per heavy atom. The SMILES string of the molecule is C1CCCCC1.C1CCCCC1.C1CCCCC1.CC.CC.c1ccccc1.c1ccccc1.c1ccccc1. The van der Waals surface area contributed by atoms with E-state index in [1.165, 1.54) is 116 Å². The molecule has 3 aromatic carbocycles. The van der Waals surface area contributed by atoms with Crippen LogP contribution in [0.1, 0.15) is 143 Å². The molecule has 0 heterocycles. The lowest BCUT2D eigenvalue weighted by molar-refractivity contribution is 0.504. The Morgan fingerprint density at radius 1 is 0.150 bits per heavy atom. The van der Waals surface area contributed by atoms with Crippen molar-refractivity contribution in [1.82, 2.24) is 0 Å². The predicted molar refractivity (Wildman–Crippen MR) is 185 cm³/mol. The maximum atomic E-state index is 2.00. The zero-order valence-electron chi connectivity index (χ0n) is 27.1. The van der Waals surface area contributed by atoms with E-state index < -0.39 is 0 Å². The summed E-state index contributed by atoms with van der Waals surface area (Å²) in [6.45, 7) is 8.00. The fraction of sp³-hybridized carbons (Fsp3) is 0.550. The summed E-state index contributed by atoms with van der Waals surface area (Å²) in [6.07, 6.45) is 27.0. The number of hydrogen-bond donors (Lipinski definition) is 0. The Hall–Kier alpha value is -2.34. The van der Waals surface area contributed by atoms with E-state index >= 15 is 0 Å². The van der Waals surface area contributed by atoms with Crippen LogP contribution in [-0.4, -0.2) is 0 Å². The zero-order valence-corrected chi connectivity index (χ0v) is 27.1. The van der Waals surface area contributed by atoms with Gasteiger partial charge in [0.05, 0.1) is 0 Å². The molecule has 40 heavy (non-hydrogen) atoms. The quantitative estimate of drug-likeness (QED) is 0.263. The zero-order chi connectivity index (χ0) is 29.5. The van der Waals surface area contributed by atoms with Gasteiger partial charge in [0.25, 0.3) is 0 Å². The molecule has 0 aromatic heterocycles. The molecule has 0 radical (unpaired) electrons. The van der Waals surface area contributed by atoms with Crippen LogP contribution in [0.4, 0.5) is 0 Å². The third-order valence-corrected chi connectivity index (χ3v) is 6.50. The second kappa shape index (κ2) is 41.1. The van der Waals surface area contributed by atoms with Gasteiger partial charge in [-0.3, -0.25) is 0 Å². The first kappa shape index (κ1) is 39.8. The fourth-order valence-corrected chi connectivity index (χ4v) is 4.34. The summed E-state index contributed by atoms with van der Waals surface area (Å²) in [5.74, 6) is 0. The molecule has 0 atom stereocenters. The summed E-state index contributed by atoms with van der Waals surface area (Å²) in [6, 6.07) is 36.0. The summed E-state index contributed by atoms with van der Waals surface area (Å²) >= 11 is 0. The Bertz CT molecular complexity index is 477. The molecule has 3 aliphatic carbocycles. The monoisotopic (exact) mass is 547 g/mol. The minimum atomic E-state index is 1.50. The molecule has 0 spiro atoms. The Labute approximate surface area is 252 Å². The Balaban J connectivity index is 0. The van der Waals surface area contributed by atoms with E-state index in [4.69, 9.17) is 0 Å². The van der Waals surface area contributed by atoms with Crippen LogP contribution in [0.25, 0.3) is 0 Å².